The molecule has 0 atom stereocenters. The second-order valence-electron chi connectivity index (χ2n) is 5.65. The molecule has 0 amide bonds. The van der Waals surface area contributed by atoms with E-state index in [9.17, 15) is 8.42 Å². The van der Waals surface area contributed by atoms with Gasteiger partial charge in [-0.25, -0.2) is 12.7 Å². The molecule has 1 aromatic rings. The third-order valence-electron chi connectivity index (χ3n) is 4.29. The number of sulfonamides is 1. The number of piperidine rings is 1. The van der Waals surface area contributed by atoms with E-state index in [2.05, 4.69) is 4.90 Å². The van der Waals surface area contributed by atoms with Crippen LogP contribution in [0.25, 0.3) is 0 Å². The first-order valence-electron chi connectivity index (χ1n) is 7.89. The van der Waals surface area contributed by atoms with E-state index in [1.165, 1.54) is 0 Å². The molecule has 0 unspecified atom stereocenters. The largest absolute Gasteiger partial charge is 0.492 e. The first-order chi connectivity index (χ1) is 10.5. The van der Waals surface area contributed by atoms with Gasteiger partial charge in [-0.15, -0.1) is 0 Å². The van der Waals surface area contributed by atoms with Gasteiger partial charge in [-0.1, -0.05) is 18.2 Å². The Hall–Kier alpha value is -1.11. The van der Waals surface area contributed by atoms with Crippen molar-refractivity contribution in [3.63, 3.8) is 0 Å². The van der Waals surface area contributed by atoms with Gasteiger partial charge < -0.3 is 4.74 Å². The first-order valence-corrected chi connectivity index (χ1v) is 9.49. The third kappa shape index (κ3) is 4.69. The highest BCUT2D eigenvalue weighted by Gasteiger charge is 2.28. The van der Waals surface area contributed by atoms with E-state index in [4.69, 9.17) is 4.74 Å². The summed E-state index contributed by atoms with van der Waals surface area (Å²) in [6.45, 7) is 5.09. The molecule has 1 fully saturated rings. The number of rotatable bonds is 7. The van der Waals surface area contributed by atoms with Crippen LogP contribution in [0.4, 0.5) is 0 Å². The molecular weight excluding hydrogens is 300 g/mol. The van der Waals surface area contributed by atoms with Crippen molar-refractivity contribution in [2.45, 2.75) is 25.8 Å². The van der Waals surface area contributed by atoms with Gasteiger partial charge in [0.2, 0.25) is 10.0 Å². The van der Waals surface area contributed by atoms with Crippen LogP contribution in [0, 0.1) is 0 Å². The standard InChI is InChI=1S/C16H26N2O3S/c1-3-22(19,20)17(2)15-9-11-18(12-10-15)13-14-21-16-7-5-4-6-8-16/h4-8,15H,3,9-14H2,1-2H3. The maximum Gasteiger partial charge on any atom is 0.213 e. The molecule has 0 spiro atoms. The number of hydrogen-bond donors (Lipinski definition) is 0. The molecule has 1 aliphatic rings. The number of likely N-dealkylation sites (tertiary alicyclic amines) is 1. The highest BCUT2D eigenvalue weighted by atomic mass is 32.2. The summed E-state index contributed by atoms with van der Waals surface area (Å²) in [7, 11) is -1.37. The summed E-state index contributed by atoms with van der Waals surface area (Å²) in [5.74, 6) is 1.07. The van der Waals surface area contributed by atoms with Crippen molar-refractivity contribution in [1.29, 1.82) is 0 Å². The van der Waals surface area contributed by atoms with Gasteiger partial charge in [-0.2, -0.15) is 0 Å². The van der Waals surface area contributed by atoms with Crippen molar-refractivity contribution < 1.29 is 13.2 Å². The summed E-state index contributed by atoms with van der Waals surface area (Å²) in [6, 6.07) is 9.94. The highest BCUT2D eigenvalue weighted by molar-refractivity contribution is 7.89. The molecule has 0 aliphatic carbocycles. The Morgan fingerprint density at radius 1 is 1.23 bits per heavy atom. The van der Waals surface area contributed by atoms with Crippen LogP contribution in [0.15, 0.2) is 30.3 Å². The van der Waals surface area contributed by atoms with E-state index < -0.39 is 10.0 Å². The van der Waals surface area contributed by atoms with Crippen LogP contribution in [0.1, 0.15) is 19.8 Å². The fraction of sp³-hybridized carbons (Fsp3) is 0.625. The second kappa shape index (κ2) is 7.94. The SMILES string of the molecule is CCS(=O)(=O)N(C)C1CCN(CCOc2ccccc2)CC1. The van der Waals surface area contributed by atoms with Crippen LogP contribution in [0.5, 0.6) is 5.75 Å². The van der Waals surface area contributed by atoms with Crippen molar-refractivity contribution in [1.82, 2.24) is 9.21 Å². The lowest BCUT2D eigenvalue weighted by molar-refractivity contribution is 0.146. The fourth-order valence-corrected chi connectivity index (χ4v) is 3.82. The quantitative estimate of drug-likeness (QED) is 0.767. The molecule has 0 N–H and O–H groups in total. The minimum absolute atomic E-state index is 0.135. The van der Waals surface area contributed by atoms with Crippen LogP contribution >= 0.6 is 0 Å². The zero-order chi connectivity index (χ0) is 16.0. The molecule has 2 rings (SSSR count). The molecule has 1 heterocycles. The topological polar surface area (TPSA) is 49.9 Å². The van der Waals surface area contributed by atoms with Crippen molar-refractivity contribution in [2.75, 3.05) is 39.0 Å². The van der Waals surface area contributed by atoms with Gasteiger partial charge in [0.05, 0.1) is 5.75 Å². The lowest BCUT2D eigenvalue weighted by Gasteiger charge is -2.35. The molecule has 1 aromatic carbocycles. The minimum atomic E-state index is -3.08. The Balaban J connectivity index is 1.71. The Morgan fingerprint density at radius 2 is 1.86 bits per heavy atom. The molecule has 0 radical (unpaired) electrons. The van der Waals surface area contributed by atoms with Gasteiger partial charge in [0, 0.05) is 19.6 Å². The van der Waals surface area contributed by atoms with Gasteiger partial charge in [0.15, 0.2) is 0 Å². The second-order valence-corrected chi connectivity index (χ2v) is 7.97. The van der Waals surface area contributed by atoms with Gasteiger partial charge >= 0.3 is 0 Å². The molecule has 1 aliphatic heterocycles. The molecule has 6 heteroatoms. The number of benzene rings is 1. The molecule has 0 saturated carbocycles. The number of nitrogens with zero attached hydrogens (tertiary/aromatic N) is 2. The van der Waals surface area contributed by atoms with E-state index in [0.29, 0.717) is 6.61 Å². The molecule has 5 nitrogen and oxygen atoms in total. The monoisotopic (exact) mass is 326 g/mol. The first kappa shape index (κ1) is 17.2. The van der Waals surface area contributed by atoms with Crippen LogP contribution in [0.2, 0.25) is 0 Å². The summed E-state index contributed by atoms with van der Waals surface area (Å²) in [5, 5.41) is 0. The lowest BCUT2D eigenvalue weighted by atomic mass is 10.1. The highest BCUT2D eigenvalue weighted by Crippen LogP contribution is 2.18. The van der Waals surface area contributed by atoms with E-state index in [1.54, 1.807) is 18.3 Å². The maximum atomic E-state index is 11.9. The molecule has 0 aromatic heterocycles. The molecule has 22 heavy (non-hydrogen) atoms. The predicted octanol–water partition coefficient (Wildman–Crippen LogP) is 1.81. The van der Waals surface area contributed by atoms with Gasteiger partial charge in [-0.05, 0) is 45.0 Å². The Labute approximate surface area is 133 Å². The van der Waals surface area contributed by atoms with E-state index in [-0.39, 0.29) is 11.8 Å². The summed E-state index contributed by atoms with van der Waals surface area (Å²) in [5.41, 5.74) is 0. The average molecular weight is 326 g/mol. The minimum Gasteiger partial charge on any atom is -0.492 e. The van der Waals surface area contributed by atoms with Crippen molar-refractivity contribution in [3.05, 3.63) is 30.3 Å². The molecular formula is C16H26N2O3S. The maximum absolute atomic E-state index is 11.9. The van der Waals surface area contributed by atoms with Gasteiger partial charge in [0.1, 0.15) is 12.4 Å². The van der Waals surface area contributed by atoms with Gasteiger partial charge in [-0.3, -0.25) is 4.90 Å². The van der Waals surface area contributed by atoms with Crippen molar-refractivity contribution in [2.24, 2.45) is 0 Å². The summed E-state index contributed by atoms with van der Waals surface area (Å²) >= 11 is 0. The van der Waals surface area contributed by atoms with Gasteiger partial charge in [0.25, 0.3) is 0 Å². The molecule has 124 valence electrons. The zero-order valence-electron chi connectivity index (χ0n) is 13.4. The summed E-state index contributed by atoms with van der Waals surface area (Å²) < 4.78 is 31.1. The van der Waals surface area contributed by atoms with E-state index in [1.807, 2.05) is 30.3 Å². The van der Waals surface area contributed by atoms with Crippen LogP contribution < -0.4 is 4.74 Å². The fourth-order valence-electron chi connectivity index (χ4n) is 2.75. The predicted molar refractivity (Wildman–Crippen MR) is 88.6 cm³/mol. The normalized spacial score (nSPS) is 17.8. The Morgan fingerprint density at radius 3 is 2.45 bits per heavy atom. The molecule has 0 bridgehead atoms. The Kier molecular flexibility index (Phi) is 6.23. The van der Waals surface area contributed by atoms with E-state index >= 15 is 0 Å². The number of ether oxygens (including phenoxy) is 1. The molecule has 1 saturated heterocycles. The zero-order valence-corrected chi connectivity index (χ0v) is 14.3. The average Bonchev–Trinajstić information content (AvgIpc) is 2.56. The third-order valence-corrected chi connectivity index (χ3v) is 6.20. The van der Waals surface area contributed by atoms with Crippen LogP contribution in [-0.2, 0) is 10.0 Å². The van der Waals surface area contributed by atoms with Crippen LogP contribution in [-0.4, -0.2) is 62.7 Å². The number of hydrogen-bond acceptors (Lipinski definition) is 4. The smallest absolute Gasteiger partial charge is 0.213 e. The lowest BCUT2D eigenvalue weighted by Crippen LogP contribution is -2.46. The summed E-state index contributed by atoms with van der Waals surface area (Å²) in [4.78, 5) is 2.34. The summed E-state index contributed by atoms with van der Waals surface area (Å²) in [6.07, 6.45) is 1.78. The Bertz CT molecular complexity index is 540. The van der Waals surface area contributed by atoms with Crippen molar-refractivity contribution >= 4 is 10.0 Å². The number of para-hydroxylation sites is 1. The van der Waals surface area contributed by atoms with Crippen LogP contribution in [0.3, 0.4) is 0 Å². The van der Waals surface area contributed by atoms with Crippen molar-refractivity contribution in [3.8, 4) is 5.75 Å². The van der Waals surface area contributed by atoms with E-state index in [0.717, 1.165) is 38.2 Å².